The maximum Gasteiger partial charge on any atom is 0.128 e. The lowest BCUT2D eigenvalue weighted by atomic mass is 10.4. The zero-order valence-corrected chi connectivity index (χ0v) is 10.9. The lowest BCUT2D eigenvalue weighted by Crippen LogP contribution is -2.15. The molecule has 0 aromatic rings. The van der Waals surface area contributed by atoms with E-state index in [1.165, 1.54) is 6.08 Å². The molecule has 0 fully saturated rings. The average Bonchev–Trinajstić information content (AvgIpc) is 2.34. The minimum atomic E-state index is 0.338. The molecule has 0 amide bonds. The summed E-state index contributed by atoms with van der Waals surface area (Å²) in [6.45, 7) is 17.1. The number of allylic oxidation sites excluding steroid dienone is 1. The molecule has 15 heavy (non-hydrogen) atoms. The molecule has 0 bridgehead atoms. The predicted octanol–water partition coefficient (Wildman–Crippen LogP) is 4.57. The van der Waals surface area contributed by atoms with Crippen LogP contribution in [0.15, 0.2) is 37.7 Å². The molecule has 2 nitrogen and oxygen atoms in total. The third kappa shape index (κ3) is 12.7. The first kappa shape index (κ1) is 19.3. The normalized spacial score (nSPS) is 7.80. The highest BCUT2D eigenvalue weighted by Crippen LogP contribution is 1.94. The van der Waals surface area contributed by atoms with Crippen LogP contribution in [0.25, 0.3) is 0 Å². The SMILES string of the molecule is C=CC(=N)N(C=C)/C=C\CC.CC.CC. The van der Waals surface area contributed by atoms with E-state index in [-0.39, 0.29) is 0 Å². The van der Waals surface area contributed by atoms with E-state index in [0.717, 1.165) is 6.42 Å². The number of amidine groups is 1. The molecule has 0 aromatic carbocycles. The van der Waals surface area contributed by atoms with Crippen molar-refractivity contribution in [2.24, 2.45) is 0 Å². The molecule has 1 N–H and O–H groups in total. The van der Waals surface area contributed by atoms with E-state index in [1.807, 2.05) is 40.7 Å². The van der Waals surface area contributed by atoms with Crippen molar-refractivity contribution >= 4 is 5.84 Å². The monoisotopic (exact) mass is 210 g/mol. The smallest absolute Gasteiger partial charge is 0.128 e. The lowest BCUT2D eigenvalue weighted by molar-refractivity contribution is 0.755. The fraction of sp³-hybridized carbons (Fsp3) is 0.462. The quantitative estimate of drug-likeness (QED) is 0.534. The minimum absolute atomic E-state index is 0.338. The van der Waals surface area contributed by atoms with Crippen LogP contribution < -0.4 is 0 Å². The maximum absolute atomic E-state index is 7.36. The fourth-order valence-corrected chi connectivity index (χ4v) is 0.564. The minimum Gasteiger partial charge on any atom is -0.310 e. The number of nitrogens with one attached hydrogen (secondary N) is 1. The van der Waals surface area contributed by atoms with Gasteiger partial charge < -0.3 is 4.90 Å². The van der Waals surface area contributed by atoms with Crippen LogP contribution in [0, 0.1) is 5.41 Å². The summed E-state index contributed by atoms with van der Waals surface area (Å²) in [4.78, 5) is 1.61. The largest absolute Gasteiger partial charge is 0.310 e. The first-order chi connectivity index (χ1) is 7.26. The topological polar surface area (TPSA) is 27.1 Å². The molecule has 2 heteroatoms. The lowest BCUT2D eigenvalue weighted by Gasteiger charge is -2.11. The van der Waals surface area contributed by atoms with E-state index in [2.05, 4.69) is 13.2 Å². The second-order valence-corrected chi connectivity index (χ2v) is 1.97. The summed E-state index contributed by atoms with van der Waals surface area (Å²) in [5.41, 5.74) is 0. The van der Waals surface area contributed by atoms with Crippen molar-refractivity contribution in [1.82, 2.24) is 4.90 Å². The zero-order chi connectivity index (χ0) is 12.7. The van der Waals surface area contributed by atoms with Crippen molar-refractivity contribution in [3.63, 3.8) is 0 Å². The molecule has 0 saturated carbocycles. The van der Waals surface area contributed by atoms with Crippen LogP contribution in [-0.4, -0.2) is 10.7 Å². The van der Waals surface area contributed by atoms with E-state index in [4.69, 9.17) is 5.41 Å². The second-order valence-electron chi connectivity index (χ2n) is 1.97. The van der Waals surface area contributed by atoms with Crippen LogP contribution in [0.4, 0.5) is 0 Å². The fourth-order valence-electron chi connectivity index (χ4n) is 0.564. The Morgan fingerprint density at radius 1 is 1.20 bits per heavy atom. The highest BCUT2D eigenvalue weighted by atomic mass is 15.1. The third-order valence-corrected chi connectivity index (χ3v) is 1.17. The van der Waals surface area contributed by atoms with Crippen LogP contribution in [0.5, 0.6) is 0 Å². The molecule has 0 aliphatic carbocycles. The van der Waals surface area contributed by atoms with Crippen molar-refractivity contribution in [3.05, 3.63) is 37.7 Å². The highest BCUT2D eigenvalue weighted by molar-refractivity contribution is 5.91. The molecule has 0 spiro atoms. The summed E-state index contributed by atoms with van der Waals surface area (Å²) in [5.74, 6) is 0.338. The van der Waals surface area contributed by atoms with Crippen molar-refractivity contribution in [2.75, 3.05) is 0 Å². The summed E-state index contributed by atoms with van der Waals surface area (Å²) in [6.07, 6.45) is 7.77. The predicted molar refractivity (Wildman–Crippen MR) is 72.1 cm³/mol. The van der Waals surface area contributed by atoms with Gasteiger partial charge in [0.2, 0.25) is 0 Å². The first-order valence-corrected chi connectivity index (χ1v) is 5.54. The van der Waals surface area contributed by atoms with Crippen molar-refractivity contribution in [3.8, 4) is 0 Å². The highest BCUT2D eigenvalue weighted by Gasteiger charge is 1.94. The van der Waals surface area contributed by atoms with E-state index in [9.17, 15) is 0 Å². The van der Waals surface area contributed by atoms with Gasteiger partial charge in [-0.15, -0.1) is 0 Å². The van der Waals surface area contributed by atoms with E-state index >= 15 is 0 Å². The Morgan fingerprint density at radius 2 is 1.67 bits per heavy atom. The molecular formula is C13H26N2. The van der Waals surface area contributed by atoms with Gasteiger partial charge in [0.15, 0.2) is 0 Å². The van der Waals surface area contributed by atoms with Crippen LogP contribution >= 0.6 is 0 Å². The molecule has 0 saturated heterocycles. The molecule has 0 unspecified atom stereocenters. The van der Waals surface area contributed by atoms with Gasteiger partial charge in [0.1, 0.15) is 5.84 Å². The Kier molecular flexibility index (Phi) is 23.8. The molecule has 0 aromatic heterocycles. The van der Waals surface area contributed by atoms with Crippen LogP contribution in [0.3, 0.4) is 0 Å². The average molecular weight is 210 g/mol. The van der Waals surface area contributed by atoms with Crippen molar-refractivity contribution in [1.29, 1.82) is 5.41 Å². The van der Waals surface area contributed by atoms with E-state index < -0.39 is 0 Å². The molecular weight excluding hydrogens is 184 g/mol. The van der Waals surface area contributed by atoms with Gasteiger partial charge in [0, 0.05) is 12.4 Å². The number of hydrogen-bond acceptors (Lipinski definition) is 1. The molecule has 0 heterocycles. The number of hydrogen-bond donors (Lipinski definition) is 1. The van der Waals surface area contributed by atoms with Gasteiger partial charge in [-0.25, -0.2) is 0 Å². The summed E-state index contributed by atoms with van der Waals surface area (Å²) in [6, 6.07) is 0. The Balaban J connectivity index is -0.000000318. The molecule has 88 valence electrons. The first-order valence-electron chi connectivity index (χ1n) is 5.54. The number of nitrogens with zero attached hydrogens (tertiary/aromatic N) is 1. The standard InChI is InChI=1S/C9H14N2.2C2H6/c1-4-7-8-11(6-3)9(10)5-2;2*1-2/h5-8,10H,2-4H2,1H3;2*1-2H3/b8-7-,10-9?;;. The van der Waals surface area contributed by atoms with E-state index in [0.29, 0.717) is 5.84 Å². The Labute approximate surface area is 95.5 Å². The van der Waals surface area contributed by atoms with Crippen LogP contribution in [0.2, 0.25) is 0 Å². The second kappa shape index (κ2) is 18.5. The molecule has 0 atom stereocenters. The van der Waals surface area contributed by atoms with Crippen molar-refractivity contribution in [2.45, 2.75) is 41.0 Å². The Hall–Kier alpha value is -1.31. The summed E-state index contributed by atoms with van der Waals surface area (Å²) < 4.78 is 0. The van der Waals surface area contributed by atoms with Gasteiger partial charge in [0.05, 0.1) is 0 Å². The summed E-state index contributed by atoms with van der Waals surface area (Å²) in [7, 11) is 0. The third-order valence-electron chi connectivity index (χ3n) is 1.17. The van der Waals surface area contributed by atoms with Crippen molar-refractivity contribution < 1.29 is 0 Å². The Bertz CT molecular complexity index is 181. The summed E-state index contributed by atoms with van der Waals surface area (Å²) in [5, 5.41) is 7.36. The van der Waals surface area contributed by atoms with E-state index in [1.54, 1.807) is 17.3 Å². The molecule has 0 aliphatic heterocycles. The van der Waals surface area contributed by atoms with Gasteiger partial charge >= 0.3 is 0 Å². The molecule has 0 aliphatic rings. The van der Waals surface area contributed by atoms with Gasteiger partial charge in [-0.2, -0.15) is 0 Å². The van der Waals surface area contributed by atoms with Gasteiger partial charge in [-0.3, -0.25) is 5.41 Å². The maximum atomic E-state index is 7.36. The zero-order valence-electron chi connectivity index (χ0n) is 10.9. The molecule has 0 rings (SSSR count). The van der Waals surface area contributed by atoms with Gasteiger partial charge in [-0.05, 0) is 12.5 Å². The van der Waals surface area contributed by atoms with Crippen LogP contribution in [-0.2, 0) is 0 Å². The summed E-state index contributed by atoms with van der Waals surface area (Å²) >= 11 is 0. The van der Waals surface area contributed by atoms with Crippen LogP contribution in [0.1, 0.15) is 41.0 Å². The van der Waals surface area contributed by atoms with Gasteiger partial charge in [0.25, 0.3) is 0 Å². The molecule has 0 radical (unpaired) electrons. The number of rotatable bonds is 4. The Morgan fingerprint density at radius 3 is 1.93 bits per heavy atom. The van der Waals surface area contributed by atoms with Gasteiger partial charge in [-0.1, -0.05) is 53.9 Å².